The fourth-order valence-electron chi connectivity index (χ4n) is 5.88. The van der Waals surface area contributed by atoms with Gasteiger partial charge in [-0.05, 0) is 49.5 Å². The lowest BCUT2D eigenvalue weighted by atomic mass is 9.77. The minimum Gasteiger partial charge on any atom is -0.493 e. The first kappa shape index (κ1) is 24.1. The van der Waals surface area contributed by atoms with Crippen molar-refractivity contribution in [2.45, 2.75) is 75.3 Å². The number of fused-ring (bicyclic) bond motifs is 3. The van der Waals surface area contributed by atoms with Gasteiger partial charge >= 0.3 is 0 Å². The van der Waals surface area contributed by atoms with Crippen LogP contribution >= 0.6 is 0 Å². The molecule has 2 saturated carbocycles. The Balaban J connectivity index is 1.59. The van der Waals surface area contributed by atoms with Gasteiger partial charge in [-0.15, -0.1) is 0 Å². The van der Waals surface area contributed by atoms with Crippen molar-refractivity contribution in [1.29, 1.82) is 0 Å². The van der Waals surface area contributed by atoms with E-state index in [0.29, 0.717) is 28.2 Å². The Morgan fingerprint density at radius 2 is 1.91 bits per heavy atom. The molecule has 0 saturated heterocycles. The molecule has 2 amide bonds. The van der Waals surface area contributed by atoms with Crippen LogP contribution in [0.3, 0.4) is 0 Å². The molecule has 0 bridgehead atoms. The van der Waals surface area contributed by atoms with E-state index in [4.69, 9.17) is 9.47 Å². The summed E-state index contributed by atoms with van der Waals surface area (Å²) in [5.74, 6) is -0.101. The quantitative estimate of drug-likeness (QED) is 0.431. The van der Waals surface area contributed by atoms with Gasteiger partial charge in [0.1, 0.15) is 12.2 Å². The molecule has 9 nitrogen and oxygen atoms in total. The molecule has 5 rings (SSSR count). The van der Waals surface area contributed by atoms with Gasteiger partial charge < -0.3 is 35.0 Å². The average Bonchev–Trinajstić information content (AvgIpc) is 3.45. The first-order valence-electron chi connectivity index (χ1n) is 12.6. The van der Waals surface area contributed by atoms with Gasteiger partial charge in [-0.3, -0.25) is 9.59 Å². The topological polar surface area (TPSA) is 129 Å². The van der Waals surface area contributed by atoms with Crippen molar-refractivity contribution in [2.75, 3.05) is 20.3 Å². The summed E-state index contributed by atoms with van der Waals surface area (Å²) < 4.78 is 11.8. The number of aliphatic hydroxyl groups is 3. The number of carbonyl (C=O) groups excluding carboxylic acids is 2. The molecule has 4 atom stereocenters. The minimum absolute atomic E-state index is 0.0190. The molecule has 4 N–H and O–H groups in total. The van der Waals surface area contributed by atoms with Gasteiger partial charge in [0.25, 0.3) is 0 Å². The third-order valence-corrected chi connectivity index (χ3v) is 7.72. The Labute approximate surface area is 204 Å². The van der Waals surface area contributed by atoms with Gasteiger partial charge in [0.15, 0.2) is 11.5 Å². The van der Waals surface area contributed by atoms with Crippen LogP contribution in [0.25, 0.3) is 0 Å². The molecule has 4 aliphatic rings. The molecule has 1 heterocycles. The minimum atomic E-state index is -1.05. The first-order chi connectivity index (χ1) is 17.0. The van der Waals surface area contributed by atoms with Crippen molar-refractivity contribution >= 4 is 11.8 Å². The summed E-state index contributed by atoms with van der Waals surface area (Å²) in [7, 11) is 1.50. The van der Waals surface area contributed by atoms with Gasteiger partial charge in [0.2, 0.25) is 11.8 Å². The molecular weight excluding hydrogens is 452 g/mol. The zero-order valence-corrected chi connectivity index (χ0v) is 20.0. The summed E-state index contributed by atoms with van der Waals surface area (Å²) in [6.07, 6.45) is 5.42. The van der Waals surface area contributed by atoms with E-state index in [2.05, 4.69) is 5.32 Å². The highest BCUT2D eigenvalue weighted by molar-refractivity contribution is 5.96. The second kappa shape index (κ2) is 9.79. The molecule has 0 aromatic heterocycles. The zero-order valence-electron chi connectivity index (χ0n) is 20.0. The second-order valence-corrected chi connectivity index (χ2v) is 9.98. The van der Waals surface area contributed by atoms with E-state index >= 15 is 0 Å². The number of aliphatic hydroxyl groups excluding tert-OH is 3. The molecule has 35 heavy (non-hydrogen) atoms. The summed E-state index contributed by atoms with van der Waals surface area (Å²) in [4.78, 5) is 28.6. The number of carbonyl (C=O) groups is 2. The standard InChI is InChI=1S/C26H34N2O7/c1-34-20-11-14(13-30)10-17-21-18(25(32)27-8-9-29)12-19(22(31)24(21)35-23(17)20)28(16-4-2-3-5-16)26(33)15-6-7-15/h10-12,15-16,19,21-22,24,29-31H,2-9,13H2,1H3,(H,27,32). The number of amides is 2. The van der Waals surface area contributed by atoms with Crippen LogP contribution in [0.4, 0.5) is 0 Å². The Kier molecular flexibility index (Phi) is 6.74. The number of hydrogen-bond donors (Lipinski definition) is 4. The normalized spacial score (nSPS) is 27.5. The van der Waals surface area contributed by atoms with Crippen LogP contribution in [0.15, 0.2) is 23.8 Å². The highest BCUT2D eigenvalue weighted by Gasteiger charge is 2.53. The Bertz CT molecular complexity index is 1020. The molecule has 0 radical (unpaired) electrons. The van der Waals surface area contributed by atoms with Crippen LogP contribution in [0.1, 0.15) is 55.6 Å². The Morgan fingerprint density at radius 1 is 1.17 bits per heavy atom. The average molecular weight is 487 g/mol. The number of hydrogen-bond acceptors (Lipinski definition) is 7. The lowest BCUT2D eigenvalue weighted by molar-refractivity contribution is -0.141. The Hall–Kier alpha value is -2.62. The molecule has 1 aromatic rings. The maximum absolute atomic E-state index is 13.4. The molecule has 1 aliphatic heterocycles. The van der Waals surface area contributed by atoms with Gasteiger partial charge in [0.05, 0.1) is 32.3 Å². The molecule has 190 valence electrons. The highest BCUT2D eigenvalue weighted by Crippen LogP contribution is 2.52. The van der Waals surface area contributed by atoms with Crippen molar-refractivity contribution < 1.29 is 34.4 Å². The first-order valence-corrected chi connectivity index (χ1v) is 12.6. The maximum Gasteiger partial charge on any atom is 0.247 e. The van der Waals surface area contributed by atoms with Crippen LogP contribution in [0.2, 0.25) is 0 Å². The second-order valence-electron chi connectivity index (χ2n) is 9.98. The van der Waals surface area contributed by atoms with E-state index in [1.54, 1.807) is 18.2 Å². The monoisotopic (exact) mass is 486 g/mol. The molecule has 3 aliphatic carbocycles. The van der Waals surface area contributed by atoms with E-state index in [1.165, 1.54) is 7.11 Å². The highest BCUT2D eigenvalue weighted by atomic mass is 16.5. The SMILES string of the molecule is COc1cc(CO)cc2c1OC1C2C(C(=O)NCCO)=CC(N(C(=O)C2CC2)C2CCCC2)C1O. The number of benzene rings is 1. The molecule has 2 fully saturated rings. The van der Waals surface area contributed by atoms with E-state index < -0.39 is 24.2 Å². The summed E-state index contributed by atoms with van der Waals surface area (Å²) in [5, 5.41) is 33.4. The number of rotatable bonds is 8. The zero-order chi connectivity index (χ0) is 24.7. The van der Waals surface area contributed by atoms with Crippen molar-refractivity contribution in [3.05, 3.63) is 34.9 Å². The molecule has 4 unspecified atom stereocenters. The van der Waals surface area contributed by atoms with E-state index in [-0.39, 0.29) is 43.5 Å². The van der Waals surface area contributed by atoms with E-state index in [0.717, 1.165) is 38.5 Å². The van der Waals surface area contributed by atoms with Crippen molar-refractivity contribution in [1.82, 2.24) is 10.2 Å². The van der Waals surface area contributed by atoms with Crippen LogP contribution in [-0.2, 0) is 16.2 Å². The molecule has 1 aromatic carbocycles. The van der Waals surface area contributed by atoms with Crippen molar-refractivity contribution in [3.8, 4) is 11.5 Å². The predicted molar refractivity (Wildman–Crippen MR) is 126 cm³/mol. The van der Waals surface area contributed by atoms with Gasteiger partial charge in [0, 0.05) is 29.6 Å². The van der Waals surface area contributed by atoms with Gasteiger partial charge in [-0.25, -0.2) is 0 Å². The summed E-state index contributed by atoms with van der Waals surface area (Å²) in [6, 6.07) is 2.78. The maximum atomic E-state index is 13.4. The van der Waals surface area contributed by atoms with E-state index in [9.17, 15) is 24.9 Å². The lowest BCUT2D eigenvalue weighted by Crippen LogP contribution is -2.58. The predicted octanol–water partition coefficient (Wildman–Crippen LogP) is 0.991. The largest absolute Gasteiger partial charge is 0.493 e. The van der Waals surface area contributed by atoms with E-state index in [1.807, 2.05) is 4.90 Å². The lowest BCUT2D eigenvalue weighted by Gasteiger charge is -2.43. The van der Waals surface area contributed by atoms with Gasteiger partial charge in [-0.1, -0.05) is 12.8 Å². The number of nitrogens with one attached hydrogen (secondary N) is 1. The molecular formula is C26H34N2O7. The summed E-state index contributed by atoms with van der Waals surface area (Å²) >= 11 is 0. The smallest absolute Gasteiger partial charge is 0.247 e. The van der Waals surface area contributed by atoms with Crippen LogP contribution in [0.5, 0.6) is 11.5 Å². The fourth-order valence-corrected chi connectivity index (χ4v) is 5.88. The summed E-state index contributed by atoms with van der Waals surface area (Å²) in [5.41, 5.74) is 1.65. The number of methoxy groups -OCH3 is 1. The third kappa shape index (κ3) is 4.30. The molecule has 0 spiro atoms. The Morgan fingerprint density at radius 3 is 2.54 bits per heavy atom. The number of nitrogens with zero attached hydrogens (tertiary/aromatic N) is 1. The summed E-state index contributed by atoms with van der Waals surface area (Å²) in [6.45, 7) is -0.335. The van der Waals surface area contributed by atoms with Crippen molar-refractivity contribution in [3.63, 3.8) is 0 Å². The fraction of sp³-hybridized carbons (Fsp3) is 0.615. The number of ether oxygens (including phenoxy) is 2. The third-order valence-electron chi connectivity index (χ3n) is 7.72. The van der Waals surface area contributed by atoms with Crippen LogP contribution in [-0.4, -0.2) is 76.6 Å². The van der Waals surface area contributed by atoms with Crippen LogP contribution in [0, 0.1) is 5.92 Å². The molecule has 9 heteroatoms. The van der Waals surface area contributed by atoms with Crippen LogP contribution < -0.4 is 14.8 Å². The van der Waals surface area contributed by atoms with Gasteiger partial charge in [-0.2, -0.15) is 0 Å². The van der Waals surface area contributed by atoms with Crippen molar-refractivity contribution in [2.24, 2.45) is 5.92 Å².